The first-order chi connectivity index (χ1) is 12.4. The zero-order valence-electron chi connectivity index (χ0n) is 13.9. The molecule has 0 fully saturated rings. The Morgan fingerprint density at radius 2 is 1.12 bits per heavy atom. The van der Waals surface area contributed by atoms with Crippen LogP contribution in [0.25, 0.3) is 0 Å². The predicted octanol–water partition coefficient (Wildman–Crippen LogP) is 5.06. The van der Waals surface area contributed by atoms with Gasteiger partial charge in [-0.05, 0) is 23.3 Å². The van der Waals surface area contributed by atoms with Gasteiger partial charge in [0.2, 0.25) is 15.3 Å². The van der Waals surface area contributed by atoms with Crippen LogP contribution in [0.2, 0.25) is 0 Å². The number of sulfone groups is 1. The number of benzene rings is 3. The fourth-order valence-corrected chi connectivity index (χ4v) is 4.18. The van der Waals surface area contributed by atoms with Gasteiger partial charge in [0.15, 0.2) is 5.67 Å². The van der Waals surface area contributed by atoms with Gasteiger partial charge in [-0.25, -0.2) is 17.2 Å². The van der Waals surface area contributed by atoms with Crippen molar-refractivity contribution in [2.45, 2.75) is 22.5 Å². The van der Waals surface area contributed by atoms with E-state index in [0.29, 0.717) is 0 Å². The Bertz CT molecular complexity index is 904. The van der Waals surface area contributed by atoms with Crippen molar-refractivity contribution >= 4 is 9.84 Å². The summed E-state index contributed by atoms with van der Waals surface area (Å²) in [6, 6.07) is 23.5. The van der Waals surface area contributed by atoms with Gasteiger partial charge in [-0.3, -0.25) is 0 Å². The van der Waals surface area contributed by atoms with E-state index in [1.807, 2.05) is 0 Å². The second-order valence-electron chi connectivity index (χ2n) is 6.01. The van der Waals surface area contributed by atoms with Gasteiger partial charge in [0.1, 0.15) is 0 Å². The molecule has 3 aromatic carbocycles. The molecule has 0 bridgehead atoms. The maximum absolute atomic E-state index is 16.0. The van der Waals surface area contributed by atoms with E-state index >= 15 is 4.39 Å². The van der Waals surface area contributed by atoms with Gasteiger partial charge in [0, 0.05) is 6.42 Å². The minimum Gasteiger partial charge on any atom is -0.233 e. The Labute approximate surface area is 152 Å². The average molecular weight is 372 g/mol. The molecule has 3 rings (SSSR count). The summed E-state index contributed by atoms with van der Waals surface area (Å²) in [7, 11) is -4.29. The van der Waals surface area contributed by atoms with Crippen molar-refractivity contribution < 1.29 is 17.2 Å². The van der Waals surface area contributed by atoms with E-state index < -0.39 is 27.4 Å². The quantitative estimate of drug-likeness (QED) is 0.606. The summed E-state index contributed by atoms with van der Waals surface area (Å²) >= 11 is 0. The van der Waals surface area contributed by atoms with Gasteiger partial charge in [-0.1, -0.05) is 78.9 Å². The van der Waals surface area contributed by atoms with E-state index in [-0.39, 0.29) is 16.0 Å². The van der Waals surface area contributed by atoms with Crippen molar-refractivity contribution in [3.63, 3.8) is 0 Å². The summed E-state index contributed by atoms with van der Waals surface area (Å²) in [5.74, 6) is 0. The van der Waals surface area contributed by atoms with E-state index in [2.05, 4.69) is 0 Å². The lowest BCUT2D eigenvalue weighted by Crippen LogP contribution is -2.30. The Hall–Kier alpha value is -2.53. The molecule has 0 amide bonds. The van der Waals surface area contributed by atoms with Crippen LogP contribution in [0, 0.1) is 0 Å². The fourth-order valence-electron chi connectivity index (χ4n) is 2.90. The van der Waals surface area contributed by atoms with Gasteiger partial charge < -0.3 is 0 Å². The largest absolute Gasteiger partial charge is 0.233 e. The van der Waals surface area contributed by atoms with Crippen LogP contribution in [-0.4, -0.2) is 13.9 Å². The highest BCUT2D eigenvalue weighted by Crippen LogP contribution is 2.40. The molecule has 1 unspecified atom stereocenters. The second kappa shape index (κ2) is 7.38. The number of rotatable bonds is 6. The molecule has 0 aliphatic heterocycles. The summed E-state index contributed by atoms with van der Waals surface area (Å²) in [5, 5.41) is 0. The Balaban J connectivity index is 2.02. The third-order valence-corrected chi connectivity index (χ3v) is 6.08. The number of hydrogen-bond donors (Lipinski definition) is 0. The summed E-state index contributed by atoms with van der Waals surface area (Å²) < 4.78 is 56.0. The monoisotopic (exact) mass is 372 g/mol. The Morgan fingerprint density at radius 1 is 0.731 bits per heavy atom. The highest BCUT2D eigenvalue weighted by Gasteiger charge is 2.41. The number of hydrogen-bond acceptors (Lipinski definition) is 2. The van der Waals surface area contributed by atoms with Gasteiger partial charge in [0.05, 0.1) is 4.90 Å². The van der Waals surface area contributed by atoms with Crippen LogP contribution in [-0.2, 0) is 15.5 Å². The summed E-state index contributed by atoms with van der Waals surface area (Å²) in [6.07, 6.45) is -0.821. The number of halogens is 2. The molecule has 0 aliphatic rings. The molecule has 134 valence electrons. The summed E-state index contributed by atoms with van der Waals surface area (Å²) in [6.45, 7) is 0. The zero-order valence-corrected chi connectivity index (χ0v) is 14.7. The third-order valence-electron chi connectivity index (χ3n) is 4.31. The van der Waals surface area contributed by atoms with Crippen molar-refractivity contribution in [3.05, 3.63) is 102 Å². The van der Waals surface area contributed by atoms with E-state index in [0.717, 1.165) is 0 Å². The van der Waals surface area contributed by atoms with Crippen molar-refractivity contribution in [1.29, 1.82) is 0 Å². The first kappa shape index (κ1) is 18.3. The lowest BCUT2D eigenvalue weighted by Gasteiger charge is -2.28. The molecule has 3 aromatic rings. The molecule has 26 heavy (non-hydrogen) atoms. The van der Waals surface area contributed by atoms with Crippen LogP contribution < -0.4 is 0 Å². The van der Waals surface area contributed by atoms with E-state index in [4.69, 9.17) is 0 Å². The van der Waals surface area contributed by atoms with Crippen molar-refractivity contribution in [2.24, 2.45) is 0 Å². The molecule has 0 aromatic heterocycles. The molecule has 0 saturated carbocycles. The van der Waals surface area contributed by atoms with Gasteiger partial charge >= 0.3 is 0 Å². The molecular formula is C21H18F2O2S. The molecule has 0 spiro atoms. The van der Waals surface area contributed by atoms with Gasteiger partial charge in [-0.15, -0.1) is 0 Å². The number of alkyl halides is 2. The average Bonchev–Trinajstić information content (AvgIpc) is 2.70. The van der Waals surface area contributed by atoms with Crippen molar-refractivity contribution in [2.75, 3.05) is 0 Å². The Morgan fingerprint density at radius 3 is 1.54 bits per heavy atom. The minimum atomic E-state index is -4.29. The van der Waals surface area contributed by atoms with Crippen LogP contribution >= 0.6 is 0 Å². The standard InChI is InChI=1S/C21H18F2O2S/c22-20(26(24,25)19-14-8-3-9-15-19)16-21(23,17-10-4-1-5-11-17)18-12-6-2-7-13-18/h1-15,20H,16H2. The van der Waals surface area contributed by atoms with Crippen LogP contribution in [0.3, 0.4) is 0 Å². The van der Waals surface area contributed by atoms with E-state index in [9.17, 15) is 12.8 Å². The van der Waals surface area contributed by atoms with Crippen molar-refractivity contribution in [3.8, 4) is 0 Å². The van der Waals surface area contributed by atoms with Crippen LogP contribution in [0.1, 0.15) is 17.5 Å². The summed E-state index contributed by atoms with van der Waals surface area (Å²) in [5.41, 5.74) is -4.20. The van der Waals surface area contributed by atoms with Gasteiger partial charge in [0.25, 0.3) is 0 Å². The topological polar surface area (TPSA) is 34.1 Å². The molecule has 0 heterocycles. The molecule has 0 radical (unpaired) electrons. The van der Waals surface area contributed by atoms with Crippen LogP contribution in [0.15, 0.2) is 95.9 Å². The lowest BCUT2D eigenvalue weighted by molar-refractivity contribution is 0.173. The molecule has 1 atom stereocenters. The predicted molar refractivity (Wildman–Crippen MR) is 97.9 cm³/mol. The summed E-state index contributed by atoms with van der Waals surface area (Å²) in [4.78, 5) is -0.157. The Kier molecular flexibility index (Phi) is 5.18. The van der Waals surface area contributed by atoms with E-state index in [1.54, 1.807) is 42.5 Å². The maximum Gasteiger partial charge on any atom is 0.210 e. The molecule has 2 nitrogen and oxygen atoms in total. The second-order valence-corrected chi connectivity index (χ2v) is 8.08. The van der Waals surface area contributed by atoms with Crippen molar-refractivity contribution in [1.82, 2.24) is 0 Å². The molecule has 5 heteroatoms. The SMILES string of the molecule is O=S(=O)(c1ccccc1)C(F)CC(F)(c1ccccc1)c1ccccc1. The normalized spacial score (nSPS) is 13.3. The minimum absolute atomic E-state index is 0.157. The molecule has 0 saturated heterocycles. The highest BCUT2D eigenvalue weighted by atomic mass is 32.2. The molecular weight excluding hydrogens is 354 g/mol. The highest BCUT2D eigenvalue weighted by molar-refractivity contribution is 7.91. The maximum atomic E-state index is 16.0. The first-order valence-corrected chi connectivity index (χ1v) is 9.72. The fraction of sp³-hybridized carbons (Fsp3) is 0.143. The lowest BCUT2D eigenvalue weighted by atomic mass is 9.85. The molecule has 0 N–H and O–H groups in total. The van der Waals surface area contributed by atoms with Crippen LogP contribution in [0.5, 0.6) is 0 Å². The van der Waals surface area contributed by atoms with E-state index in [1.165, 1.54) is 48.5 Å². The van der Waals surface area contributed by atoms with Gasteiger partial charge in [-0.2, -0.15) is 0 Å². The molecule has 0 aliphatic carbocycles. The first-order valence-electron chi connectivity index (χ1n) is 8.17. The third kappa shape index (κ3) is 3.53. The smallest absolute Gasteiger partial charge is 0.210 e. The zero-order chi connectivity index (χ0) is 18.6. The van der Waals surface area contributed by atoms with Crippen LogP contribution in [0.4, 0.5) is 8.78 Å².